The third kappa shape index (κ3) is 2.00. The topological polar surface area (TPSA) is 61.4 Å². The standard InChI is InChI=1S/C9H16N2O2/c12-8-3-7(4-8)11-9(13)6-1-2-10-5-6/h6-8,10,12H,1-5H2,(H,11,13). The van der Waals surface area contributed by atoms with E-state index in [-0.39, 0.29) is 24.0 Å². The second-order valence-corrected chi connectivity index (χ2v) is 4.02. The Labute approximate surface area is 77.7 Å². The van der Waals surface area contributed by atoms with Gasteiger partial charge in [-0.1, -0.05) is 0 Å². The molecule has 1 aliphatic carbocycles. The van der Waals surface area contributed by atoms with E-state index in [4.69, 9.17) is 5.11 Å². The zero-order valence-electron chi connectivity index (χ0n) is 7.62. The van der Waals surface area contributed by atoms with Crippen molar-refractivity contribution in [2.45, 2.75) is 31.4 Å². The van der Waals surface area contributed by atoms with Gasteiger partial charge in [0.05, 0.1) is 12.0 Å². The quantitative estimate of drug-likeness (QED) is 0.528. The molecule has 2 fully saturated rings. The average Bonchev–Trinajstić information content (AvgIpc) is 2.53. The molecule has 2 aliphatic rings. The van der Waals surface area contributed by atoms with Gasteiger partial charge in [-0.05, 0) is 25.8 Å². The van der Waals surface area contributed by atoms with Crippen molar-refractivity contribution in [3.8, 4) is 0 Å². The molecule has 4 heteroatoms. The first-order valence-corrected chi connectivity index (χ1v) is 4.95. The number of amides is 1. The van der Waals surface area contributed by atoms with Gasteiger partial charge in [-0.25, -0.2) is 0 Å². The summed E-state index contributed by atoms with van der Waals surface area (Å²) < 4.78 is 0. The van der Waals surface area contributed by atoms with Gasteiger partial charge in [0.15, 0.2) is 0 Å². The number of aliphatic hydroxyl groups is 1. The molecular weight excluding hydrogens is 168 g/mol. The number of carbonyl (C=O) groups excluding carboxylic acids is 1. The van der Waals surface area contributed by atoms with Crippen molar-refractivity contribution in [3.63, 3.8) is 0 Å². The molecule has 4 nitrogen and oxygen atoms in total. The van der Waals surface area contributed by atoms with Crippen LogP contribution in [0.3, 0.4) is 0 Å². The highest BCUT2D eigenvalue weighted by atomic mass is 16.3. The highest BCUT2D eigenvalue weighted by Gasteiger charge is 2.31. The molecule has 13 heavy (non-hydrogen) atoms. The lowest BCUT2D eigenvalue weighted by molar-refractivity contribution is -0.126. The Morgan fingerprint density at radius 1 is 1.46 bits per heavy atom. The first kappa shape index (κ1) is 8.97. The molecule has 1 amide bonds. The number of hydrogen-bond donors (Lipinski definition) is 3. The highest BCUT2D eigenvalue weighted by molar-refractivity contribution is 5.79. The number of carbonyl (C=O) groups is 1. The van der Waals surface area contributed by atoms with Gasteiger partial charge in [-0.15, -0.1) is 0 Å². The van der Waals surface area contributed by atoms with Crippen molar-refractivity contribution in [1.82, 2.24) is 10.6 Å². The van der Waals surface area contributed by atoms with Crippen LogP contribution in [0, 0.1) is 5.92 Å². The van der Waals surface area contributed by atoms with Crippen LogP contribution in [-0.2, 0) is 4.79 Å². The van der Waals surface area contributed by atoms with E-state index in [9.17, 15) is 4.79 Å². The number of hydrogen-bond acceptors (Lipinski definition) is 3. The summed E-state index contributed by atoms with van der Waals surface area (Å²) in [6.07, 6.45) is 2.21. The Morgan fingerprint density at radius 2 is 2.23 bits per heavy atom. The zero-order valence-corrected chi connectivity index (χ0v) is 7.62. The minimum absolute atomic E-state index is 0.151. The van der Waals surface area contributed by atoms with Gasteiger partial charge in [0.2, 0.25) is 5.91 Å². The van der Waals surface area contributed by atoms with Crippen LogP contribution in [0.1, 0.15) is 19.3 Å². The number of rotatable bonds is 2. The molecule has 1 unspecified atom stereocenters. The Balaban J connectivity index is 1.72. The third-order valence-corrected chi connectivity index (χ3v) is 2.89. The van der Waals surface area contributed by atoms with Gasteiger partial charge >= 0.3 is 0 Å². The van der Waals surface area contributed by atoms with Crippen molar-refractivity contribution in [2.75, 3.05) is 13.1 Å². The van der Waals surface area contributed by atoms with Gasteiger partial charge < -0.3 is 15.7 Å². The molecule has 0 bridgehead atoms. The van der Waals surface area contributed by atoms with Gasteiger partial charge in [-0.2, -0.15) is 0 Å². The lowest BCUT2D eigenvalue weighted by Crippen LogP contribution is -2.48. The molecule has 3 N–H and O–H groups in total. The lowest BCUT2D eigenvalue weighted by Gasteiger charge is -2.32. The van der Waals surface area contributed by atoms with E-state index in [1.165, 1.54) is 0 Å². The molecule has 1 saturated heterocycles. The Bertz CT molecular complexity index is 196. The summed E-state index contributed by atoms with van der Waals surface area (Å²) in [6.45, 7) is 1.76. The molecule has 2 rings (SSSR count). The maximum atomic E-state index is 11.5. The van der Waals surface area contributed by atoms with Crippen LogP contribution in [0.2, 0.25) is 0 Å². The largest absolute Gasteiger partial charge is 0.393 e. The molecule has 1 heterocycles. The van der Waals surface area contributed by atoms with Crippen LogP contribution in [0.4, 0.5) is 0 Å². The summed E-state index contributed by atoms with van der Waals surface area (Å²) in [6, 6.07) is 0.225. The predicted molar refractivity (Wildman–Crippen MR) is 48.1 cm³/mol. The fourth-order valence-corrected chi connectivity index (χ4v) is 1.90. The first-order valence-electron chi connectivity index (χ1n) is 4.95. The van der Waals surface area contributed by atoms with E-state index in [0.29, 0.717) is 0 Å². The minimum atomic E-state index is -0.188. The molecule has 0 aromatic rings. The predicted octanol–water partition coefficient (Wildman–Crippen LogP) is -0.765. The molecular formula is C9H16N2O2. The number of aliphatic hydroxyl groups excluding tert-OH is 1. The molecule has 0 aromatic carbocycles. The van der Waals surface area contributed by atoms with E-state index in [1.54, 1.807) is 0 Å². The highest BCUT2D eigenvalue weighted by Crippen LogP contribution is 2.20. The van der Waals surface area contributed by atoms with Gasteiger partial charge in [0.25, 0.3) is 0 Å². The summed E-state index contributed by atoms with van der Waals surface area (Å²) in [7, 11) is 0. The molecule has 1 atom stereocenters. The fourth-order valence-electron chi connectivity index (χ4n) is 1.90. The van der Waals surface area contributed by atoms with Crippen molar-refractivity contribution >= 4 is 5.91 Å². The normalized spacial score (nSPS) is 38.4. The van der Waals surface area contributed by atoms with Crippen LogP contribution in [-0.4, -0.2) is 36.2 Å². The molecule has 0 aromatic heterocycles. The minimum Gasteiger partial charge on any atom is -0.393 e. The SMILES string of the molecule is O=C(NC1CC(O)C1)C1CCNC1. The van der Waals surface area contributed by atoms with Gasteiger partial charge in [-0.3, -0.25) is 4.79 Å². The monoisotopic (exact) mass is 184 g/mol. The van der Waals surface area contributed by atoms with E-state index in [1.807, 2.05) is 0 Å². The van der Waals surface area contributed by atoms with Crippen molar-refractivity contribution in [2.24, 2.45) is 5.92 Å². The summed E-state index contributed by atoms with van der Waals surface area (Å²) in [5, 5.41) is 15.1. The summed E-state index contributed by atoms with van der Waals surface area (Å²) >= 11 is 0. The smallest absolute Gasteiger partial charge is 0.224 e. The third-order valence-electron chi connectivity index (χ3n) is 2.89. The zero-order chi connectivity index (χ0) is 9.26. The first-order chi connectivity index (χ1) is 6.25. The van der Waals surface area contributed by atoms with E-state index < -0.39 is 0 Å². The van der Waals surface area contributed by atoms with Crippen molar-refractivity contribution in [1.29, 1.82) is 0 Å². The molecule has 1 aliphatic heterocycles. The Kier molecular flexibility index (Phi) is 2.51. The second kappa shape index (κ2) is 3.64. The molecule has 74 valence electrons. The Hall–Kier alpha value is -0.610. The van der Waals surface area contributed by atoms with E-state index >= 15 is 0 Å². The maximum Gasteiger partial charge on any atom is 0.224 e. The van der Waals surface area contributed by atoms with Crippen LogP contribution < -0.4 is 10.6 Å². The Morgan fingerprint density at radius 3 is 2.77 bits per heavy atom. The van der Waals surface area contributed by atoms with Crippen molar-refractivity contribution < 1.29 is 9.90 Å². The van der Waals surface area contributed by atoms with Crippen LogP contribution in [0.5, 0.6) is 0 Å². The molecule has 0 radical (unpaired) electrons. The van der Waals surface area contributed by atoms with E-state index in [2.05, 4.69) is 10.6 Å². The van der Waals surface area contributed by atoms with Crippen LogP contribution in [0.25, 0.3) is 0 Å². The van der Waals surface area contributed by atoms with Crippen LogP contribution >= 0.6 is 0 Å². The van der Waals surface area contributed by atoms with E-state index in [0.717, 1.165) is 32.4 Å². The summed E-state index contributed by atoms with van der Waals surface area (Å²) in [4.78, 5) is 11.5. The lowest BCUT2D eigenvalue weighted by atomic mass is 9.89. The van der Waals surface area contributed by atoms with Crippen molar-refractivity contribution in [3.05, 3.63) is 0 Å². The second-order valence-electron chi connectivity index (χ2n) is 4.02. The van der Waals surface area contributed by atoms with Crippen LogP contribution in [0.15, 0.2) is 0 Å². The average molecular weight is 184 g/mol. The maximum absolute atomic E-state index is 11.5. The number of nitrogens with one attached hydrogen (secondary N) is 2. The van der Waals surface area contributed by atoms with Gasteiger partial charge in [0, 0.05) is 12.6 Å². The summed E-state index contributed by atoms with van der Waals surface area (Å²) in [5.74, 6) is 0.305. The van der Waals surface area contributed by atoms with Gasteiger partial charge in [0.1, 0.15) is 0 Å². The fraction of sp³-hybridized carbons (Fsp3) is 0.889. The summed E-state index contributed by atoms with van der Waals surface area (Å²) in [5.41, 5.74) is 0. The molecule has 1 saturated carbocycles. The molecule has 0 spiro atoms.